The number of anilines is 1. The molecule has 0 aliphatic heterocycles. The first-order chi connectivity index (χ1) is 9.61. The Morgan fingerprint density at radius 1 is 1.30 bits per heavy atom. The summed E-state index contributed by atoms with van der Waals surface area (Å²) in [6, 6.07) is 6.81. The fraction of sp³-hybridized carbons (Fsp3) is 0.0714. The van der Waals surface area contributed by atoms with Gasteiger partial charge in [-0.3, -0.25) is 4.79 Å². The SMILES string of the molecule is NCC#Cc1ccc(Cl)c(NC(=O)c2sccc2Cl)c1. The van der Waals surface area contributed by atoms with Crippen LogP contribution in [-0.2, 0) is 0 Å². The second-order valence-electron chi connectivity index (χ2n) is 3.75. The number of carbonyl (C=O) groups excluding carboxylic acids is 1. The number of benzene rings is 1. The summed E-state index contributed by atoms with van der Waals surface area (Å²) in [5.74, 6) is 5.33. The second kappa shape index (κ2) is 6.78. The molecule has 1 heterocycles. The molecule has 0 atom stereocenters. The van der Waals surface area contributed by atoms with Crippen LogP contribution in [0.15, 0.2) is 29.6 Å². The van der Waals surface area contributed by atoms with Crippen LogP contribution < -0.4 is 11.1 Å². The molecule has 0 aliphatic rings. The van der Waals surface area contributed by atoms with Gasteiger partial charge in [0.25, 0.3) is 5.91 Å². The van der Waals surface area contributed by atoms with Gasteiger partial charge in [0.05, 0.1) is 22.3 Å². The monoisotopic (exact) mass is 324 g/mol. The van der Waals surface area contributed by atoms with Gasteiger partial charge in [-0.1, -0.05) is 35.0 Å². The van der Waals surface area contributed by atoms with Crippen molar-refractivity contribution in [3.8, 4) is 11.8 Å². The van der Waals surface area contributed by atoms with E-state index >= 15 is 0 Å². The molecule has 102 valence electrons. The van der Waals surface area contributed by atoms with Gasteiger partial charge in [-0.2, -0.15) is 0 Å². The van der Waals surface area contributed by atoms with Crippen molar-refractivity contribution in [3.63, 3.8) is 0 Å². The van der Waals surface area contributed by atoms with Crippen molar-refractivity contribution in [1.82, 2.24) is 0 Å². The Hall–Kier alpha value is -1.51. The van der Waals surface area contributed by atoms with Crippen LogP contribution in [0.4, 0.5) is 5.69 Å². The minimum Gasteiger partial charge on any atom is -0.320 e. The summed E-state index contributed by atoms with van der Waals surface area (Å²) in [6.45, 7) is 0.273. The van der Waals surface area contributed by atoms with Crippen molar-refractivity contribution < 1.29 is 4.79 Å². The van der Waals surface area contributed by atoms with Crippen LogP contribution in [0.25, 0.3) is 0 Å². The lowest BCUT2D eigenvalue weighted by molar-refractivity contribution is 0.103. The third kappa shape index (κ3) is 3.53. The minimum absolute atomic E-state index is 0.273. The van der Waals surface area contributed by atoms with Gasteiger partial charge in [0.15, 0.2) is 0 Å². The molecule has 0 bridgehead atoms. The lowest BCUT2D eigenvalue weighted by Gasteiger charge is -2.07. The van der Waals surface area contributed by atoms with Crippen LogP contribution in [0.3, 0.4) is 0 Å². The van der Waals surface area contributed by atoms with Gasteiger partial charge in [-0.15, -0.1) is 11.3 Å². The lowest BCUT2D eigenvalue weighted by atomic mass is 10.2. The molecule has 0 fully saturated rings. The van der Waals surface area contributed by atoms with Crippen LogP contribution in [0, 0.1) is 11.8 Å². The van der Waals surface area contributed by atoms with Crippen LogP contribution in [0.2, 0.25) is 10.0 Å². The molecule has 1 aromatic carbocycles. The van der Waals surface area contributed by atoms with Gasteiger partial charge >= 0.3 is 0 Å². The zero-order valence-corrected chi connectivity index (χ0v) is 12.6. The van der Waals surface area contributed by atoms with Gasteiger partial charge in [-0.05, 0) is 29.6 Å². The van der Waals surface area contributed by atoms with E-state index in [0.29, 0.717) is 20.6 Å². The van der Waals surface area contributed by atoms with Crippen LogP contribution in [0.5, 0.6) is 0 Å². The van der Waals surface area contributed by atoms with Gasteiger partial charge < -0.3 is 11.1 Å². The van der Waals surface area contributed by atoms with Crippen LogP contribution in [-0.4, -0.2) is 12.5 Å². The molecule has 20 heavy (non-hydrogen) atoms. The molecular weight excluding hydrogens is 315 g/mol. The molecule has 2 rings (SSSR count). The van der Waals surface area contributed by atoms with Crippen molar-refractivity contribution in [3.05, 3.63) is 50.1 Å². The van der Waals surface area contributed by atoms with E-state index in [9.17, 15) is 4.79 Å². The lowest BCUT2D eigenvalue weighted by Crippen LogP contribution is -2.11. The Bertz CT molecular complexity index is 701. The predicted molar refractivity (Wildman–Crippen MR) is 84.7 cm³/mol. The number of hydrogen-bond donors (Lipinski definition) is 2. The highest BCUT2D eigenvalue weighted by Gasteiger charge is 2.13. The molecule has 6 heteroatoms. The third-order valence-electron chi connectivity index (χ3n) is 2.37. The fourth-order valence-electron chi connectivity index (χ4n) is 1.49. The highest BCUT2D eigenvalue weighted by Crippen LogP contribution is 2.26. The minimum atomic E-state index is -0.296. The summed E-state index contributed by atoms with van der Waals surface area (Å²) in [5, 5.41) is 5.33. The average molecular weight is 325 g/mol. The van der Waals surface area contributed by atoms with E-state index in [1.54, 1.807) is 29.6 Å². The zero-order valence-electron chi connectivity index (χ0n) is 10.2. The summed E-state index contributed by atoms with van der Waals surface area (Å²) in [6.07, 6.45) is 0. The largest absolute Gasteiger partial charge is 0.320 e. The topological polar surface area (TPSA) is 55.1 Å². The number of carbonyl (C=O) groups is 1. The van der Waals surface area contributed by atoms with Crippen molar-refractivity contribution in [2.75, 3.05) is 11.9 Å². The Morgan fingerprint density at radius 3 is 2.75 bits per heavy atom. The third-order valence-corrected chi connectivity index (χ3v) is 4.04. The molecule has 0 spiro atoms. The zero-order chi connectivity index (χ0) is 14.5. The van der Waals surface area contributed by atoms with Crippen LogP contribution >= 0.6 is 34.5 Å². The van der Waals surface area contributed by atoms with E-state index in [-0.39, 0.29) is 12.5 Å². The van der Waals surface area contributed by atoms with E-state index in [0.717, 1.165) is 5.56 Å². The normalized spacial score (nSPS) is 9.75. The molecule has 3 nitrogen and oxygen atoms in total. The molecule has 0 unspecified atom stereocenters. The number of thiophene rings is 1. The maximum atomic E-state index is 12.1. The molecule has 0 aliphatic carbocycles. The quantitative estimate of drug-likeness (QED) is 0.829. The average Bonchev–Trinajstić information content (AvgIpc) is 2.86. The Balaban J connectivity index is 2.25. The molecule has 0 saturated heterocycles. The van der Waals surface area contributed by atoms with Crippen molar-refractivity contribution in [2.45, 2.75) is 0 Å². The summed E-state index contributed by atoms with van der Waals surface area (Å²) in [5.41, 5.74) is 6.54. The van der Waals surface area contributed by atoms with E-state index in [2.05, 4.69) is 17.2 Å². The number of nitrogens with one attached hydrogen (secondary N) is 1. The Morgan fingerprint density at radius 2 is 2.10 bits per heavy atom. The highest BCUT2D eigenvalue weighted by molar-refractivity contribution is 7.12. The van der Waals surface area contributed by atoms with E-state index in [1.165, 1.54) is 11.3 Å². The standard InChI is InChI=1S/C14H10Cl2N2OS/c15-10-4-3-9(2-1-6-17)8-12(10)18-14(19)13-11(16)5-7-20-13/h3-5,7-8H,6,17H2,(H,18,19). The highest BCUT2D eigenvalue weighted by atomic mass is 35.5. The first-order valence-electron chi connectivity index (χ1n) is 5.64. The first kappa shape index (κ1) is 14.9. The van der Waals surface area contributed by atoms with E-state index in [1.807, 2.05) is 0 Å². The number of hydrogen-bond acceptors (Lipinski definition) is 3. The van der Waals surface area contributed by atoms with Crippen molar-refractivity contribution >= 4 is 46.1 Å². The van der Waals surface area contributed by atoms with Crippen molar-refractivity contribution in [1.29, 1.82) is 0 Å². The Labute approximate surface area is 130 Å². The first-order valence-corrected chi connectivity index (χ1v) is 7.28. The maximum absolute atomic E-state index is 12.1. The summed E-state index contributed by atoms with van der Waals surface area (Å²) in [7, 11) is 0. The molecular formula is C14H10Cl2N2OS. The van der Waals surface area contributed by atoms with Gasteiger partial charge in [-0.25, -0.2) is 0 Å². The second-order valence-corrected chi connectivity index (χ2v) is 5.48. The molecule has 3 N–H and O–H groups in total. The van der Waals surface area contributed by atoms with Gasteiger partial charge in [0, 0.05) is 5.56 Å². The predicted octanol–water partition coefficient (Wildman–Crippen LogP) is 3.62. The Kier molecular flexibility index (Phi) is 5.05. The number of rotatable bonds is 2. The van der Waals surface area contributed by atoms with Crippen molar-refractivity contribution in [2.24, 2.45) is 5.73 Å². The number of amides is 1. The van der Waals surface area contributed by atoms with Gasteiger partial charge in [0.1, 0.15) is 4.88 Å². The molecule has 1 amide bonds. The molecule has 0 saturated carbocycles. The summed E-state index contributed by atoms with van der Waals surface area (Å²) in [4.78, 5) is 12.5. The molecule has 0 radical (unpaired) electrons. The fourth-order valence-corrected chi connectivity index (χ4v) is 2.69. The molecule has 2 aromatic rings. The van der Waals surface area contributed by atoms with E-state index < -0.39 is 0 Å². The number of nitrogens with two attached hydrogens (primary N) is 1. The van der Waals surface area contributed by atoms with E-state index in [4.69, 9.17) is 28.9 Å². The maximum Gasteiger partial charge on any atom is 0.267 e. The van der Waals surface area contributed by atoms with Gasteiger partial charge in [0.2, 0.25) is 0 Å². The summed E-state index contributed by atoms with van der Waals surface area (Å²) >= 11 is 13.2. The smallest absolute Gasteiger partial charge is 0.267 e. The van der Waals surface area contributed by atoms with Crippen LogP contribution in [0.1, 0.15) is 15.2 Å². The summed E-state index contributed by atoms with van der Waals surface area (Å²) < 4.78 is 0. The number of halogens is 2. The molecule has 1 aromatic heterocycles.